The number of anilines is 1. The molecule has 10 heteroatoms. The van der Waals surface area contributed by atoms with Gasteiger partial charge in [0.05, 0.1) is 11.5 Å². The van der Waals surface area contributed by atoms with Gasteiger partial charge in [0.1, 0.15) is 5.54 Å². The molecule has 1 fully saturated rings. The Hall–Kier alpha value is -3.95. The van der Waals surface area contributed by atoms with Crippen molar-refractivity contribution in [2.45, 2.75) is 12.5 Å². The zero-order chi connectivity index (χ0) is 20.3. The van der Waals surface area contributed by atoms with E-state index in [1.165, 1.54) is 18.2 Å². The number of imide groups is 1. The Morgan fingerprint density at radius 1 is 1.18 bits per heavy atom. The quantitative estimate of drug-likeness (QED) is 0.393. The standard InChI is InChI=1S/C18H17N5O5/c1-18(12-6-3-2-4-7-12)16(25)22(17(26)20-18)21-15(24)11-19-13-8-5-9-14(10-13)23(27)28/h2-10,19H,11H2,1H3,(H,20,26)(H,21,24)/t18-/m1/s1. The van der Waals surface area contributed by atoms with Gasteiger partial charge in [-0.2, -0.15) is 5.01 Å². The molecule has 0 unspecified atom stereocenters. The fourth-order valence-electron chi connectivity index (χ4n) is 2.78. The molecule has 3 rings (SSSR count). The monoisotopic (exact) mass is 383 g/mol. The van der Waals surface area contributed by atoms with Crippen molar-refractivity contribution in [2.24, 2.45) is 0 Å². The molecular weight excluding hydrogens is 366 g/mol. The van der Waals surface area contributed by atoms with E-state index in [0.29, 0.717) is 16.3 Å². The van der Waals surface area contributed by atoms with Crippen molar-refractivity contribution in [1.29, 1.82) is 0 Å². The van der Waals surface area contributed by atoms with E-state index in [-0.39, 0.29) is 12.2 Å². The molecule has 0 bridgehead atoms. The molecule has 2 aromatic rings. The van der Waals surface area contributed by atoms with E-state index in [4.69, 9.17) is 0 Å². The molecule has 1 saturated heterocycles. The van der Waals surface area contributed by atoms with Crippen molar-refractivity contribution in [3.63, 3.8) is 0 Å². The third-order valence-corrected chi connectivity index (χ3v) is 4.29. The lowest BCUT2D eigenvalue weighted by molar-refractivity contribution is -0.384. The molecule has 28 heavy (non-hydrogen) atoms. The number of nitrogens with zero attached hydrogens (tertiary/aromatic N) is 2. The van der Waals surface area contributed by atoms with Gasteiger partial charge in [-0.05, 0) is 18.6 Å². The zero-order valence-corrected chi connectivity index (χ0v) is 14.8. The van der Waals surface area contributed by atoms with Crippen molar-refractivity contribution in [1.82, 2.24) is 15.8 Å². The minimum Gasteiger partial charge on any atom is -0.376 e. The maximum atomic E-state index is 12.7. The normalized spacial score (nSPS) is 18.5. The number of amides is 4. The molecule has 0 spiro atoms. The van der Waals surface area contributed by atoms with Crippen LogP contribution in [0.2, 0.25) is 0 Å². The number of nitrogens with one attached hydrogen (secondary N) is 3. The lowest BCUT2D eigenvalue weighted by atomic mass is 9.92. The Morgan fingerprint density at radius 2 is 1.89 bits per heavy atom. The lowest BCUT2D eigenvalue weighted by Gasteiger charge is -2.22. The fraction of sp³-hybridized carbons (Fsp3) is 0.167. The van der Waals surface area contributed by atoms with Gasteiger partial charge in [0.15, 0.2) is 0 Å². The Kier molecular flexibility index (Phi) is 4.94. The van der Waals surface area contributed by atoms with Crippen LogP contribution in [0.3, 0.4) is 0 Å². The van der Waals surface area contributed by atoms with Gasteiger partial charge in [-0.1, -0.05) is 36.4 Å². The van der Waals surface area contributed by atoms with E-state index in [2.05, 4.69) is 16.1 Å². The number of nitro benzene ring substituents is 1. The molecular formula is C18H17N5O5. The molecule has 0 aliphatic carbocycles. The van der Waals surface area contributed by atoms with Gasteiger partial charge >= 0.3 is 6.03 Å². The second kappa shape index (κ2) is 7.35. The molecule has 0 saturated carbocycles. The van der Waals surface area contributed by atoms with Crippen LogP contribution in [0.4, 0.5) is 16.2 Å². The number of hydrogen-bond donors (Lipinski definition) is 3. The molecule has 0 radical (unpaired) electrons. The van der Waals surface area contributed by atoms with Gasteiger partial charge in [-0.15, -0.1) is 0 Å². The first-order valence-corrected chi connectivity index (χ1v) is 8.31. The first-order chi connectivity index (χ1) is 13.3. The number of hydrazine groups is 1. The molecule has 1 aliphatic heterocycles. The van der Waals surface area contributed by atoms with E-state index in [0.717, 1.165) is 0 Å². The SMILES string of the molecule is C[C@]1(c2ccccc2)NC(=O)N(NC(=O)CNc2cccc([N+](=O)[O-])c2)C1=O. The molecule has 2 aromatic carbocycles. The number of rotatable bonds is 6. The van der Waals surface area contributed by atoms with E-state index >= 15 is 0 Å². The molecule has 4 amide bonds. The maximum absolute atomic E-state index is 12.7. The maximum Gasteiger partial charge on any atom is 0.344 e. The minimum atomic E-state index is -1.29. The number of hydrogen-bond acceptors (Lipinski definition) is 6. The summed E-state index contributed by atoms with van der Waals surface area (Å²) in [5.41, 5.74) is 1.77. The van der Waals surface area contributed by atoms with Gasteiger partial charge in [0.25, 0.3) is 17.5 Å². The Balaban J connectivity index is 1.64. The largest absolute Gasteiger partial charge is 0.376 e. The number of carbonyl (C=O) groups excluding carboxylic acids is 3. The van der Waals surface area contributed by atoms with Crippen molar-refractivity contribution in [3.8, 4) is 0 Å². The molecule has 3 N–H and O–H groups in total. The van der Waals surface area contributed by atoms with Crippen LogP contribution in [0, 0.1) is 10.1 Å². The first-order valence-electron chi connectivity index (χ1n) is 8.31. The van der Waals surface area contributed by atoms with Gasteiger partial charge in [-0.25, -0.2) is 4.79 Å². The third-order valence-electron chi connectivity index (χ3n) is 4.29. The van der Waals surface area contributed by atoms with E-state index in [1.807, 2.05) is 0 Å². The predicted molar refractivity (Wildman–Crippen MR) is 98.9 cm³/mol. The van der Waals surface area contributed by atoms with Gasteiger partial charge in [0, 0.05) is 17.8 Å². The summed E-state index contributed by atoms with van der Waals surface area (Å²) in [6, 6.07) is 13.5. The van der Waals surface area contributed by atoms with Crippen molar-refractivity contribution in [3.05, 3.63) is 70.3 Å². The van der Waals surface area contributed by atoms with Crippen LogP contribution in [-0.4, -0.2) is 34.3 Å². The van der Waals surface area contributed by atoms with Crippen LogP contribution in [0.5, 0.6) is 0 Å². The van der Waals surface area contributed by atoms with Gasteiger partial charge in [-0.3, -0.25) is 25.1 Å². The van der Waals surface area contributed by atoms with E-state index in [1.54, 1.807) is 43.3 Å². The van der Waals surface area contributed by atoms with Crippen LogP contribution in [0.15, 0.2) is 54.6 Å². The molecule has 1 aliphatic rings. The Morgan fingerprint density at radius 3 is 2.57 bits per heavy atom. The number of carbonyl (C=O) groups is 3. The van der Waals surface area contributed by atoms with Crippen molar-refractivity contribution in [2.75, 3.05) is 11.9 Å². The molecule has 1 heterocycles. The smallest absolute Gasteiger partial charge is 0.344 e. The fourth-order valence-corrected chi connectivity index (χ4v) is 2.78. The predicted octanol–water partition coefficient (Wildman–Crippen LogP) is 1.51. The summed E-state index contributed by atoms with van der Waals surface area (Å²) >= 11 is 0. The highest BCUT2D eigenvalue weighted by atomic mass is 16.6. The molecule has 144 valence electrons. The van der Waals surface area contributed by atoms with Gasteiger partial charge < -0.3 is 10.6 Å². The molecule has 10 nitrogen and oxygen atoms in total. The summed E-state index contributed by atoms with van der Waals surface area (Å²) in [4.78, 5) is 47.3. The number of nitro groups is 1. The van der Waals surface area contributed by atoms with Crippen LogP contribution in [0.1, 0.15) is 12.5 Å². The second-order valence-electron chi connectivity index (χ2n) is 6.26. The summed E-state index contributed by atoms with van der Waals surface area (Å²) < 4.78 is 0. The second-order valence-corrected chi connectivity index (χ2v) is 6.26. The minimum absolute atomic E-state index is 0.127. The average Bonchev–Trinajstić information content (AvgIpc) is 2.91. The topological polar surface area (TPSA) is 134 Å². The Labute approximate surface area is 159 Å². The summed E-state index contributed by atoms with van der Waals surface area (Å²) in [5, 5.41) is 16.7. The van der Waals surface area contributed by atoms with Crippen LogP contribution >= 0.6 is 0 Å². The van der Waals surface area contributed by atoms with Crippen molar-refractivity contribution < 1.29 is 19.3 Å². The highest BCUT2D eigenvalue weighted by Gasteiger charge is 2.49. The number of benzene rings is 2. The molecule has 0 aromatic heterocycles. The first kappa shape index (κ1) is 18.8. The third kappa shape index (κ3) is 3.61. The zero-order valence-electron chi connectivity index (χ0n) is 14.8. The Bertz CT molecular complexity index is 948. The van der Waals surface area contributed by atoms with Crippen molar-refractivity contribution >= 4 is 29.2 Å². The van der Waals surface area contributed by atoms with Crippen LogP contribution in [-0.2, 0) is 15.1 Å². The highest BCUT2D eigenvalue weighted by Crippen LogP contribution is 2.27. The van der Waals surface area contributed by atoms with Crippen LogP contribution < -0.4 is 16.1 Å². The summed E-state index contributed by atoms with van der Waals surface area (Å²) in [7, 11) is 0. The number of urea groups is 1. The molecule has 1 atom stereocenters. The van der Waals surface area contributed by atoms with Crippen LogP contribution in [0.25, 0.3) is 0 Å². The van der Waals surface area contributed by atoms with Gasteiger partial charge in [0.2, 0.25) is 0 Å². The van der Waals surface area contributed by atoms with E-state index < -0.39 is 28.3 Å². The summed E-state index contributed by atoms with van der Waals surface area (Å²) in [6.07, 6.45) is 0. The highest BCUT2D eigenvalue weighted by molar-refractivity contribution is 6.08. The summed E-state index contributed by atoms with van der Waals surface area (Å²) in [6.45, 7) is 1.26. The lowest BCUT2D eigenvalue weighted by Crippen LogP contribution is -2.49. The van der Waals surface area contributed by atoms with E-state index in [9.17, 15) is 24.5 Å². The number of non-ortho nitro benzene ring substituents is 1. The average molecular weight is 383 g/mol. The summed E-state index contributed by atoms with van der Waals surface area (Å²) in [5.74, 6) is -1.28.